The fraction of sp³-hybridized carbons (Fsp3) is 0.417. The number of carbonyl (C=O) groups excluding carboxylic acids is 1. The van der Waals surface area contributed by atoms with Gasteiger partial charge in [-0.25, -0.2) is 4.79 Å². The summed E-state index contributed by atoms with van der Waals surface area (Å²) in [5.41, 5.74) is 0.266. The predicted octanol–water partition coefficient (Wildman–Crippen LogP) is 1.88. The number of urea groups is 1. The Balaban J connectivity index is 2.44. The number of aliphatic hydroxyl groups is 1. The van der Waals surface area contributed by atoms with Gasteiger partial charge in [-0.1, -0.05) is 13.0 Å². The summed E-state index contributed by atoms with van der Waals surface area (Å²) in [4.78, 5) is 21.5. The van der Waals surface area contributed by atoms with Crippen LogP contribution in [0.3, 0.4) is 0 Å². The van der Waals surface area contributed by atoms with Crippen molar-refractivity contribution in [2.75, 3.05) is 11.9 Å². The van der Waals surface area contributed by atoms with Gasteiger partial charge in [0, 0.05) is 24.4 Å². The van der Waals surface area contributed by atoms with Crippen molar-refractivity contribution < 1.29 is 14.8 Å². The lowest BCUT2D eigenvalue weighted by molar-refractivity contribution is -0.384. The third kappa shape index (κ3) is 5.35. The van der Waals surface area contributed by atoms with Gasteiger partial charge in [-0.15, -0.1) is 0 Å². The molecule has 0 fully saturated rings. The Bertz CT molecular complexity index is 450. The Hall–Kier alpha value is -2.15. The quantitative estimate of drug-likeness (QED) is 0.540. The summed E-state index contributed by atoms with van der Waals surface area (Å²) in [5, 5.41) is 24.9. The lowest BCUT2D eigenvalue weighted by Crippen LogP contribution is -2.31. The molecule has 1 rings (SSSR count). The van der Waals surface area contributed by atoms with Crippen molar-refractivity contribution in [1.29, 1.82) is 0 Å². The summed E-state index contributed by atoms with van der Waals surface area (Å²) in [6.07, 6.45) is 0.672. The molecule has 1 aromatic rings. The molecule has 0 spiro atoms. The summed E-state index contributed by atoms with van der Waals surface area (Å²) < 4.78 is 0. The summed E-state index contributed by atoms with van der Waals surface area (Å²) in [7, 11) is 0. The normalized spacial score (nSPS) is 11.7. The van der Waals surface area contributed by atoms with E-state index in [0.29, 0.717) is 25.1 Å². The van der Waals surface area contributed by atoms with E-state index >= 15 is 0 Å². The van der Waals surface area contributed by atoms with Crippen molar-refractivity contribution in [3.8, 4) is 0 Å². The van der Waals surface area contributed by atoms with Crippen LogP contribution in [0.25, 0.3) is 0 Å². The van der Waals surface area contributed by atoms with Crippen LogP contribution in [0.4, 0.5) is 16.2 Å². The molecular weight excluding hydrogens is 250 g/mol. The highest BCUT2D eigenvalue weighted by molar-refractivity contribution is 5.89. The van der Waals surface area contributed by atoms with Crippen molar-refractivity contribution in [1.82, 2.24) is 5.32 Å². The average molecular weight is 267 g/mol. The molecule has 0 aromatic heterocycles. The number of nitro groups is 1. The van der Waals surface area contributed by atoms with Gasteiger partial charge in [0.2, 0.25) is 0 Å². The van der Waals surface area contributed by atoms with Gasteiger partial charge in [0.15, 0.2) is 0 Å². The molecular formula is C12H17N3O4. The first-order valence-electron chi connectivity index (χ1n) is 6.00. The average Bonchev–Trinajstić information content (AvgIpc) is 2.38. The van der Waals surface area contributed by atoms with E-state index in [1.807, 2.05) is 6.92 Å². The Kier molecular flexibility index (Phi) is 5.74. The van der Waals surface area contributed by atoms with Gasteiger partial charge in [-0.3, -0.25) is 10.1 Å². The molecule has 0 heterocycles. The minimum atomic E-state index is -0.527. The van der Waals surface area contributed by atoms with Crippen LogP contribution >= 0.6 is 0 Å². The van der Waals surface area contributed by atoms with E-state index < -0.39 is 17.1 Å². The number of aliphatic hydroxyl groups excluding tert-OH is 1. The van der Waals surface area contributed by atoms with Crippen molar-refractivity contribution in [2.45, 2.75) is 25.9 Å². The van der Waals surface area contributed by atoms with Gasteiger partial charge < -0.3 is 15.7 Å². The zero-order chi connectivity index (χ0) is 14.3. The second-order valence-corrected chi connectivity index (χ2v) is 4.04. The number of rotatable bonds is 6. The Morgan fingerprint density at radius 2 is 2.26 bits per heavy atom. The number of hydrogen-bond acceptors (Lipinski definition) is 4. The summed E-state index contributed by atoms with van der Waals surface area (Å²) in [5.74, 6) is 0. The van der Waals surface area contributed by atoms with Gasteiger partial charge in [-0.2, -0.15) is 0 Å². The van der Waals surface area contributed by atoms with Crippen LogP contribution in [0.2, 0.25) is 0 Å². The number of amides is 2. The molecule has 1 unspecified atom stereocenters. The van der Waals surface area contributed by atoms with E-state index in [-0.39, 0.29) is 5.69 Å². The summed E-state index contributed by atoms with van der Waals surface area (Å²) in [6.45, 7) is 2.20. The molecule has 0 aliphatic carbocycles. The maximum absolute atomic E-state index is 11.5. The number of nitrogens with zero attached hydrogens (tertiary/aromatic N) is 1. The summed E-state index contributed by atoms with van der Waals surface area (Å²) in [6, 6.07) is 5.23. The molecule has 0 aliphatic heterocycles. The first kappa shape index (κ1) is 14.9. The zero-order valence-corrected chi connectivity index (χ0v) is 10.6. The first-order valence-corrected chi connectivity index (χ1v) is 6.00. The standard InChI is InChI=1S/C12H17N3O4/c1-2-11(16)6-7-13-12(17)14-9-4-3-5-10(8-9)15(18)19/h3-5,8,11,16H,2,6-7H2,1H3,(H2,13,14,17). The molecule has 1 aromatic carbocycles. The van der Waals surface area contributed by atoms with E-state index in [1.165, 1.54) is 18.2 Å². The van der Waals surface area contributed by atoms with Crippen LogP contribution in [0.1, 0.15) is 19.8 Å². The Morgan fingerprint density at radius 3 is 2.89 bits per heavy atom. The van der Waals surface area contributed by atoms with Crippen LogP contribution in [-0.2, 0) is 0 Å². The summed E-state index contributed by atoms with van der Waals surface area (Å²) >= 11 is 0. The lowest BCUT2D eigenvalue weighted by Gasteiger charge is -2.09. The van der Waals surface area contributed by atoms with Crippen molar-refractivity contribution in [3.05, 3.63) is 34.4 Å². The van der Waals surface area contributed by atoms with Crippen LogP contribution in [0, 0.1) is 10.1 Å². The van der Waals surface area contributed by atoms with Crippen LogP contribution < -0.4 is 10.6 Å². The highest BCUT2D eigenvalue weighted by atomic mass is 16.6. The largest absolute Gasteiger partial charge is 0.393 e. The molecule has 0 saturated carbocycles. The molecule has 2 amide bonds. The molecule has 7 heteroatoms. The van der Waals surface area contributed by atoms with Gasteiger partial charge in [0.1, 0.15) is 0 Å². The number of nitro benzene ring substituents is 1. The third-order valence-corrected chi connectivity index (χ3v) is 2.55. The fourth-order valence-corrected chi connectivity index (χ4v) is 1.43. The van der Waals surface area contributed by atoms with Crippen molar-refractivity contribution >= 4 is 17.4 Å². The fourth-order valence-electron chi connectivity index (χ4n) is 1.43. The van der Waals surface area contributed by atoms with E-state index in [4.69, 9.17) is 0 Å². The topological polar surface area (TPSA) is 104 Å². The highest BCUT2D eigenvalue weighted by Gasteiger charge is 2.08. The molecule has 3 N–H and O–H groups in total. The molecule has 19 heavy (non-hydrogen) atoms. The molecule has 0 radical (unpaired) electrons. The number of anilines is 1. The number of non-ortho nitro benzene ring substituents is 1. The molecule has 0 saturated heterocycles. The third-order valence-electron chi connectivity index (χ3n) is 2.55. The van der Waals surface area contributed by atoms with E-state index in [0.717, 1.165) is 0 Å². The maximum atomic E-state index is 11.5. The molecule has 1 atom stereocenters. The second kappa shape index (κ2) is 7.32. The molecule has 104 valence electrons. The Morgan fingerprint density at radius 1 is 1.53 bits per heavy atom. The van der Waals surface area contributed by atoms with Gasteiger partial charge in [-0.05, 0) is 18.9 Å². The zero-order valence-electron chi connectivity index (χ0n) is 10.6. The number of carbonyl (C=O) groups is 1. The van der Waals surface area contributed by atoms with Crippen LogP contribution in [0.5, 0.6) is 0 Å². The van der Waals surface area contributed by atoms with E-state index in [2.05, 4.69) is 10.6 Å². The molecule has 7 nitrogen and oxygen atoms in total. The van der Waals surface area contributed by atoms with Gasteiger partial charge >= 0.3 is 6.03 Å². The predicted molar refractivity (Wildman–Crippen MR) is 71.0 cm³/mol. The van der Waals surface area contributed by atoms with E-state index in [9.17, 15) is 20.0 Å². The van der Waals surface area contributed by atoms with E-state index in [1.54, 1.807) is 6.07 Å². The first-order chi connectivity index (χ1) is 9.02. The Labute approximate surface area is 110 Å². The van der Waals surface area contributed by atoms with Crippen LogP contribution in [-0.4, -0.2) is 28.7 Å². The molecule has 0 bridgehead atoms. The lowest BCUT2D eigenvalue weighted by atomic mass is 10.2. The monoisotopic (exact) mass is 267 g/mol. The highest BCUT2D eigenvalue weighted by Crippen LogP contribution is 2.16. The number of hydrogen-bond donors (Lipinski definition) is 3. The van der Waals surface area contributed by atoms with Crippen molar-refractivity contribution in [2.24, 2.45) is 0 Å². The minimum Gasteiger partial charge on any atom is -0.393 e. The SMILES string of the molecule is CCC(O)CCNC(=O)Nc1cccc([N+](=O)[O-])c1. The smallest absolute Gasteiger partial charge is 0.319 e. The van der Waals surface area contributed by atoms with Gasteiger partial charge in [0.25, 0.3) is 5.69 Å². The van der Waals surface area contributed by atoms with Gasteiger partial charge in [0.05, 0.1) is 11.0 Å². The number of benzene rings is 1. The second-order valence-electron chi connectivity index (χ2n) is 4.04. The number of nitrogens with one attached hydrogen (secondary N) is 2. The minimum absolute atomic E-state index is 0.0841. The van der Waals surface area contributed by atoms with Crippen molar-refractivity contribution in [3.63, 3.8) is 0 Å². The molecule has 0 aliphatic rings. The van der Waals surface area contributed by atoms with Crippen LogP contribution in [0.15, 0.2) is 24.3 Å². The maximum Gasteiger partial charge on any atom is 0.319 e.